The number of carbonyl (C=O) groups excluding carboxylic acids is 3. The predicted octanol–water partition coefficient (Wildman–Crippen LogP) is 2.82. The van der Waals surface area contributed by atoms with Crippen molar-refractivity contribution in [3.8, 4) is 17.4 Å². The van der Waals surface area contributed by atoms with E-state index in [0.29, 0.717) is 22.7 Å². The number of primary amides is 1. The van der Waals surface area contributed by atoms with Gasteiger partial charge in [-0.15, -0.1) is 6.58 Å². The molecule has 3 amide bonds. The Labute approximate surface area is 167 Å². The summed E-state index contributed by atoms with van der Waals surface area (Å²) in [6.45, 7) is 5.10. The predicted molar refractivity (Wildman–Crippen MR) is 106 cm³/mol. The Balaban J connectivity index is 1.99. The van der Waals surface area contributed by atoms with Crippen LogP contribution in [0.5, 0.6) is 0 Å². The highest BCUT2D eigenvalue weighted by Crippen LogP contribution is 2.29. The maximum atomic E-state index is 12.7. The third-order valence-electron chi connectivity index (χ3n) is 4.50. The fraction of sp³-hybridized carbons (Fsp3) is 0.0909. The van der Waals surface area contributed by atoms with Crippen LogP contribution in [-0.4, -0.2) is 29.2 Å². The molecular weight excluding hydrogens is 370 g/mol. The Kier molecular flexibility index (Phi) is 5.28. The smallest absolute Gasteiger partial charge is 0.271 e. The third-order valence-corrected chi connectivity index (χ3v) is 4.50. The molecule has 1 aromatic carbocycles. The minimum Gasteiger partial charge on any atom is -0.457 e. The van der Waals surface area contributed by atoms with Crippen LogP contribution in [0.4, 0.5) is 0 Å². The largest absolute Gasteiger partial charge is 0.457 e. The van der Waals surface area contributed by atoms with E-state index < -0.39 is 17.7 Å². The van der Waals surface area contributed by atoms with Gasteiger partial charge in [-0.2, -0.15) is 5.26 Å². The molecule has 0 unspecified atom stereocenters. The van der Waals surface area contributed by atoms with Crippen molar-refractivity contribution in [1.82, 2.24) is 4.90 Å². The van der Waals surface area contributed by atoms with Gasteiger partial charge < -0.3 is 10.2 Å². The number of rotatable bonds is 5. The van der Waals surface area contributed by atoms with Crippen LogP contribution in [0.15, 0.2) is 70.2 Å². The molecule has 1 aromatic heterocycles. The maximum absolute atomic E-state index is 12.7. The Bertz CT molecular complexity index is 1130. The van der Waals surface area contributed by atoms with Gasteiger partial charge in [0.15, 0.2) is 0 Å². The number of amides is 3. The number of nitrogens with zero attached hydrogens (tertiary/aromatic N) is 2. The zero-order chi connectivity index (χ0) is 21.1. The molecule has 0 bridgehead atoms. The van der Waals surface area contributed by atoms with E-state index in [-0.39, 0.29) is 17.7 Å². The molecule has 1 aliphatic heterocycles. The van der Waals surface area contributed by atoms with Gasteiger partial charge in [-0.3, -0.25) is 19.3 Å². The summed E-state index contributed by atoms with van der Waals surface area (Å²) in [7, 11) is 0. The van der Waals surface area contributed by atoms with Gasteiger partial charge >= 0.3 is 0 Å². The van der Waals surface area contributed by atoms with E-state index in [1.54, 1.807) is 43.3 Å². The average molecular weight is 387 g/mol. The molecule has 1 aliphatic rings. The number of nitrogens with two attached hydrogens (primary N) is 1. The minimum atomic E-state index is -0.637. The van der Waals surface area contributed by atoms with Crippen LogP contribution in [0.2, 0.25) is 0 Å². The van der Waals surface area contributed by atoms with Crippen LogP contribution in [0, 0.1) is 11.3 Å². The highest BCUT2D eigenvalue weighted by molar-refractivity contribution is 6.19. The highest BCUT2D eigenvalue weighted by Gasteiger charge is 2.34. The molecule has 7 nitrogen and oxygen atoms in total. The number of hydrogen-bond acceptors (Lipinski definition) is 5. The summed E-state index contributed by atoms with van der Waals surface area (Å²) in [5, 5.41) is 9.33. The molecule has 29 heavy (non-hydrogen) atoms. The number of furan rings is 1. The second-order valence-electron chi connectivity index (χ2n) is 6.32. The molecule has 0 aliphatic carbocycles. The van der Waals surface area contributed by atoms with Crippen molar-refractivity contribution in [2.45, 2.75) is 6.92 Å². The second kappa shape index (κ2) is 7.82. The lowest BCUT2D eigenvalue weighted by Gasteiger charge is -2.26. The van der Waals surface area contributed by atoms with Gasteiger partial charge in [0.1, 0.15) is 23.2 Å². The van der Waals surface area contributed by atoms with Gasteiger partial charge in [-0.05, 0) is 42.8 Å². The first-order chi connectivity index (χ1) is 13.9. The van der Waals surface area contributed by atoms with E-state index in [2.05, 4.69) is 6.58 Å². The van der Waals surface area contributed by atoms with Crippen molar-refractivity contribution in [3.05, 3.63) is 77.1 Å². The van der Waals surface area contributed by atoms with Crippen molar-refractivity contribution in [2.24, 2.45) is 5.73 Å². The van der Waals surface area contributed by atoms with Crippen LogP contribution in [0.3, 0.4) is 0 Å². The van der Waals surface area contributed by atoms with Gasteiger partial charge in [-0.25, -0.2) is 0 Å². The molecule has 2 N–H and O–H groups in total. The molecular formula is C22H17N3O4. The Morgan fingerprint density at radius 1 is 1.21 bits per heavy atom. The lowest BCUT2D eigenvalue weighted by atomic mass is 9.94. The fourth-order valence-corrected chi connectivity index (χ4v) is 2.95. The molecule has 0 atom stereocenters. The van der Waals surface area contributed by atoms with Crippen LogP contribution >= 0.6 is 0 Å². The van der Waals surface area contributed by atoms with Crippen LogP contribution in [0.1, 0.15) is 23.0 Å². The topological polar surface area (TPSA) is 117 Å². The number of hydrogen-bond donors (Lipinski definition) is 1. The van der Waals surface area contributed by atoms with Gasteiger partial charge in [0.2, 0.25) is 5.91 Å². The molecule has 0 fully saturated rings. The first-order valence-electron chi connectivity index (χ1n) is 8.67. The number of carbonyl (C=O) groups is 3. The summed E-state index contributed by atoms with van der Waals surface area (Å²) in [6.07, 6.45) is 2.92. The van der Waals surface area contributed by atoms with Gasteiger partial charge in [0.05, 0.1) is 0 Å². The van der Waals surface area contributed by atoms with Crippen LogP contribution in [0.25, 0.3) is 17.4 Å². The normalized spacial score (nSPS) is 15.6. The Morgan fingerprint density at radius 2 is 1.90 bits per heavy atom. The summed E-state index contributed by atoms with van der Waals surface area (Å²) in [6, 6.07) is 11.8. The number of benzene rings is 1. The monoisotopic (exact) mass is 387 g/mol. The Hall–Kier alpha value is -4.18. The van der Waals surface area contributed by atoms with E-state index in [0.717, 1.165) is 10.5 Å². The van der Waals surface area contributed by atoms with Crippen molar-refractivity contribution in [1.29, 1.82) is 5.26 Å². The highest BCUT2D eigenvalue weighted by atomic mass is 16.3. The number of nitriles is 1. The second-order valence-corrected chi connectivity index (χ2v) is 6.32. The van der Waals surface area contributed by atoms with Crippen LogP contribution in [-0.2, 0) is 9.59 Å². The molecule has 0 saturated carbocycles. The molecule has 144 valence electrons. The van der Waals surface area contributed by atoms with Crippen molar-refractivity contribution < 1.29 is 18.8 Å². The SMILES string of the molecule is C=CCN1C(=O)C(C#N)=C(C)/C(=C/c2ccc(-c3ccc(C(N)=O)cc3)o2)C1=O. The first-order valence-corrected chi connectivity index (χ1v) is 8.67. The third kappa shape index (κ3) is 3.64. The summed E-state index contributed by atoms with van der Waals surface area (Å²) >= 11 is 0. The quantitative estimate of drug-likeness (QED) is 0.481. The molecule has 0 radical (unpaired) electrons. The van der Waals surface area contributed by atoms with Crippen molar-refractivity contribution >= 4 is 23.8 Å². The van der Waals surface area contributed by atoms with E-state index in [4.69, 9.17) is 10.2 Å². The first kappa shape index (κ1) is 19.6. The molecule has 3 rings (SSSR count). The Morgan fingerprint density at radius 3 is 2.48 bits per heavy atom. The lowest BCUT2D eigenvalue weighted by Crippen LogP contribution is -2.42. The maximum Gasteiger partial charge on any atom is 0.271 e. The number of imide groups is 1. The molecule has 7 heteroatoms. The summed E-state index contributed by atoms with van der Waals surface area (Å²) in [4.78, 5) is 37.2. The lowest BCUT2D eigenvalue weighted by molar-refractivity contribution is -0.139. The van der Waals surface area contributed by atoms with Crippen molar-refractivity contribution in [2.75, 3.05) is 6.54 Å². The van der Waals surface area contributed by atoms with E-state index in [1.165, 1.54) is 12.2 Å². The summed E-state index contributed by atoms with van der Waals surface area (Å²) < 4.78 is 5.79. The van der Waals surface area contributed by atoms with Crippen molar-refractivity contribution in [3.63, 3.8) is 0 Å². The zero-order valence-electron chi connectivity index (χ0n) is 15.6. The summed E-state index contributed by atoms with van der Waals surface area (Å²) in [5.41, 5.74) is 6.75. The van der Waals surface area contributed by atoms with Gasteiger partial charge in [-0.1, -0.05) is 18.2 Å². The molecule has 2 aromatic rings. The van der Waals surface area contributed by atoms with E-state index in [9.17, 15) is 19.6 Å². The fourth-order valence-electron chi connectivity index (χ4n) is 2.95. The van der Waals surface area contributed by atoms with Gasteiger partial charge in [0, 0.05) is 23.2 Å². The average Bonchev–Trinajstić information content (AvgIpc) is 3.18. The minimum absolute atomic E-state index is 0.00306. The molecule has 0 saturated heterocycles. The van der Waals surface area contributed by atoms with Gasteiger partial charge in [0.25, 0.3) is 11.8 Å². The molecule has 2 heterocycles. The summed E-state index contributed by atoms with van der Waals surface area (Å²) in [5.74, 6) is -0.771. The van der Waals surface area contributed by atoms with E-state index in [1.807, 2.05) is 6.07 Å². The van der Waals surface area contributed by atoms with Crippen LogP contribution < -0.4 is 5.73 Å². The zero-order valence-corrected chi connectivity index (χ0v) is 15.6. The molecule has 0 spiro atoms. The van der Waals surface area contributed by atoms with E-state index >= 15 is 0 Å². The standard InChI is InChI=1S/C22H17N3O4/c1-3-10-25-21(27)17(13(2)18(12-23)22(25)28)11-16-8-9-19(29-16)14-4-6-15(7-5-14)20(24)26/h3-9,11H,1,10H2,2H3,(H2,24,26)/b17-11-.